The first-order chi connectivity index (χ1) is 7.59. The normalized spacial score (nSPS) is 17.8. The Kier molecular flexibility index (Phi) is 3.93. The van der Waals surface area contributed by atoms with Crippen LogP contribution in [0.2, 0.25) is 0 Å². The molecule has 0 N–H and O–H groups in total. The summed E-state index contributed by atoms with van der Waals surface area (Å²) in [7, 11) is 0. The summed E-state index contributed by atoms with van der Waals surface area (Å²) in [5, 5.41) is -0.520. The van der Waals surface area contributed by atoms with Crippen LogP contribution in [0, 0.1) is 6.92 Å². The molecule has 0 bridgehead atoms. The van der Waals surface area contributed by atoms with Crippen molar-refractivity contribution in [2.24, 2.45) is 0 Å². The Labute approximate surface area is 113 Å². The number of likely N-dealkylation sites (tertiary alicyclic amines) is 1. The van der Waals surface area contributed by atoms with Crippen LogP contribution in [0.15, 0.2) is 10.5 Å². The van der Waals surface area contributed by atoms with Crippen LogP contribution in [0.4, 0.5) is 0 Å². The Bertz CT molecular complexity index is 381. The molecule has 88 valence electrons. The predicted octanol–water partition coefficient (Wildman–Crippen LogP) is 3.72. The van der Waals surface area contributed by atoms with Crippen LogP contribution in [-0.4, -0.2) is 23.9 Å². The first-order valence-corrected chi connectivity index (χ1v) is 7.33. The summed E-state index contributed by atoms with van der Waals surface area (Å²) in [5.74, 6) is 0.0490. The number of amides is 1. The fourth-order valence-electron chi connectivity index (χ4n) is 1.83. The summed E-state index contributed by atoms with van der Waals surface area (Å²) in [6.45, 7) is 3.73. The van der Waals surface area contributed by atoms with E-state index < -0.39 is 5.38 Å². The van der Waals surface area contributed by atoms with Crippen molar-refractivity contribution in [3.63, 3.8) is 0 Å². The van der Waals surface area contributed by atoms with Crippen LogP contribution in [0.5, 0.6) is 0 Å². The first kappa shape index (κ1) is 12.4. The molecule has 1 aromatic heterocycles. The third kappa shape index (κ3) is 2.44. The van der Waals surface area contributed by atoms with Crippen molar-refractivity contribution >= 4 is 44.8 Å². The predicted molar refractivity (Wildman–Crippen MR) is 71.2 cm³/mol. The van der Waals surface area contributed by atoms with Crippen molar-refractivity contribution in [1.82, 2.24) is 4.90 Å². The number of carbonyl (C=O) groups is 1. The molecule has 0 aliphatic carbocycles. The summed E-state index contributed by atoms with van der Waals surface area (Å²) in [6.07, 6.45) is 2.20. The molecule has 0 aromatic carbocycles. The van der Waals surface area contributed by atoms with Gasteiger partial charge in [0, 0.05) is 27.3 Å². The van der Waals surface area contributed by atoms with Crippen molar-refractivity contribution in [2.75, 3.05) is 13.1 Å². The highest BCUT2D eigenvalue weighted by Crippen LogP contribution is 2.35. The molecule has 0 saturated carbocycles. The molecule has 1 unspecified atom stereocenters. The molecular formula is C11H13BrClNOS. The minimum absolute atomic E-state index is 0.0490. The van der Waals surface area contributed by atoms with E-state index >= 15 is 0 Å². The minimum atomic E-state index is -0.520. The van der Waals surface area contributed by atoms with Crippen LogP contribution < -0.4 is 0 Å². The Hall–Kier alpha value is -0.0600. The molecule has 1 saturated heterocycles. The zero-order chi connectivity index (χ0) is 11.7. The van der Waals surface area contributed by atoms with Gasteiger partial charge in [-0.05, 0) is 41.8 Å². The van der Waals surface area contributed by atoms with E-state index in [2.05, 4.69) is 15.9 Å². The summed E-state index contributed by atoms with van der Waals surface area (Å²) in [6, 6.07) is 1.95. The number of alkyl halides is 1. The molecule has 5 heteroatoms. The molecule has 1 aliphatic rings. The fraction of sp³-hybridized carbons (Fsp3) is 0.545. The number of hydrogen-bond donors (Lipinski definition) is 0. The summed E-state index contributed by atoms with van der Waals surface area (Å²) < 4.78 is 1.03. The van der Waals surface area contributed by atoms with E-state index in [9.17, 15) is 4.79 Å². The van der Waals surface area contributed by atoms with Gasteiger partial charge in [0.2, 0.25) is 5.91 Å². The Morgan fingerprint density at radius 2 is 2.19 bits per heavy atom. The number of halogens is 2. The summed E-state index contributed by atoms with van der Waals surface area (Å²) >= 11 is 11.2. The van der Waals surface area contributed by atoms with Crippen molar-refractivity contribution < 1.29 is 4.79 Å². The topological polar surface area (TPSA) is 20.3 Å². The van der Waals surface area contributed by atoms with Gasteiger partial charge in [-0.25, -0.2) is 0 Å². The van der Waals surface area contributed by atoms with E-state index in [1.165, 1.54) is 0 Å². The highest BCUT2D eigenvalue weighted by molar-refractivity contribution is 9.10. The lowest BCUT2D eigenvalue weighted by atomic mass is 10.3. The SMILES string of the molecule is Cc1sc(C(Cl)C(=O)N2CCCC2)cc1Br. The van der Waals surface area contributed by atoms with Gasteiger partial charge in [0.15, 0.2) is 0 Å². The van der Waals surface area contributed by atoms with Crippen molar-refractivity contribution in [3.05, 3.63) is 20.3 Å². The van der Waals surface area contributed by atoms with Crippen LogP contribution in [-0.2, 0) is 4.79 Å². The number of nitrogens with zero attached hydrogens (tertiary/aromatic N) is 1. The van der Waals surface area contributed by atoms with Gasteiger partial charge in [-0.3, -0.25) is 4.79 Å². The zero-order valence-electron chi connectivity index (χ0n) is 9.00. The third-order valence-electron chi connectivity index (χ3n) is 2.76. The maximum atomic E-state index is 12.1. The Morgan fingerprint density at radius 1 is 1.56 bits per heavy atom. The Balaban J connectivity index is 2.11. The van der Waals surface area contributed by atoms with Crippen molar-refractivity contribution in [2.45, 2.75) is 25.1 Å². The molecule has 1 fully saturated rings. The number of rotatable bonds is 2. The Morgan fingerprint density at radius 3 is 2.69 bits per heavy atom. The molecule has 1 amide bonds. The summed E-state index contributed by atoms with van der Waals surface area (Å²) in [4.78, 5) is 16.0. The molecule has 1 aromatic rings. The fourth-order valence-corrected chi connectivity index (χ4v) is 3.69. The molecule has 0 radical (unpaired) electrons. The van der Waals surface area contributed by atoms with E-state index in [1.807, 2.05) is 17.9 Å². The lowest BCUT2D eigenvalue weighted by molar-refractivity contribution is -0.129. The summed E-state index contributed by atoms with van der Waals surface area (Å²) in [5.41, 5.74) is 0. The smallest absolute Gasteiger partial charge is 0.246 e. The van der Waals surface area contributed by atoms with Gasteiger partial charge in [0.05, 0.1) is 0 Å². The van der Waals surface area contributed by atoms with Crippen molar-refractivity contribution in [1.29, 1.82) is 0 Å². The van der Waals surface area contributed by atoms with E-state index in [0.717, 1.165) is 40.2 Å². The monoisotopic (exact) mass is 321 g/mol. The second-order valence-electron chi connectivity index (χ2n) is 3.95. The van der Waals surface area contributed by atoms with Gasteiger partial charge in [0.1, 0.15) is 5.38 Å². The zero-order valence-corrected chi connectivity index (χ0v) is 12.2. The van der Waals surface area contributed by atoms with Crippen LogP contribution >= 0.6 is 38.9 Å². The van der Waals surface area contributed by atoms with Crippen molar-refractivity contribution in [3.8, 4) is 0 Å². The lowest BCUT2D eigenvalue weighted by Gasteiger charge is -2.17. The average Bonchev–Trinajstić information content (AvgIpc) is 2.87. The van der Waals surface area contributed by atoms with E-state index in [1.54, 1.807) is 11.3 Å². The van der Waals surface area contributed by atoms with Gasteiger partial charge < -0.3 is 4.90 Å². The molecule has 2 rings (SSSR count). The highest BCUT2D eigenvalue weighted by atomic mass is 79.9. The molecule has 0 spiro atoms. The average molecular weight is 323 g/mol. The van der Waals surface area contributed by atoms with Gasteiger partial charge in [-0.15, -0.1) is 22.9 Å². The van der Waals surface area contributed by atoms with E-state index in [4.69, 9.17) is 11.6 Å². The number of aryl methyl sites for hydroxylation is 1. The van der Waals surface area contributed by atoms with Gasteiger partial charge in [-0.2, -0.15) is 0 Å². The van der Waals surface area contributed by atoms with Crippen LogP contribution in [0.25, 0.3) is 0 Å². The molecule has 1 aliphatic heterocycles. The number of hydrogen-bond acceptors (Lipinski definition) is 2. The molecule has 2 nitrogen and oxygen atoms in total. The van der Waals surface area contributed by atoms with E-state index in [0.29, 0.717) is 0 Å². The molecule has 2 heterocycles. The molecule has 16 heavy (non-hydrogen) atoms. The van der Waals surface area contributed by atoms with Crippen LogP contribution in [0.1, 0.15) is 28.0 Å². The van der Waals surface area contributed by atoms with Gasteiger partial charge >= 0.3 is 0 Å². The third-order valence-corrected chi connectivity index (χ3v) is 5.51. The maximum absolute atomic E-state index is 12.1. The second-order valence-corrected chi connectivity index (χ2v) is 6.53. The largest absolute Gasteiger partial charge is 0.341 e. The standard InChI is InChI=1S/C11H13BrClNOS/c1-7-8(12)6-9(16-7)10(13)11(15)14-4-2-3-5-14/h6,10H,2-5H2,1H3. The van der Waals surface area contributed by atoms with Gasteiger partial charge in [-0.1, -0.05) is 0 Å². The lowest BCUT2D eigenvalue weighted by Crippen LogP contribution is -2.30. The van der Waals surface area contributed by atoms with E-state index in [-0.39, 0.29) is 5.91 Å². The van der Waals surface area contributed by atoms with Crippen LogP contribution in [0.3, 0.4) is 0 Å². The first-order valence-electron chi connectivity index (χ1n) is 5.28. The second kappa shape index (κ2) is 5.07. The maximum Gasteiger partial charge on any atom is 0.246 e. The van der Waals surface area contributed by atoms with Gasteiger partial charge in [0.25, 0.3) is 0 Å². The molecular weight excluding hydrogens is 310 g/mol. The molecule has 1 atom stereocenters. The highest BCUT2D eigenvalue weighted by Gasteiger charge is 2.27. The quantitative estimate of drug-likeness (QED) is 0.760. The minimum Gasteiger partial charge on any atom is -0.341 e. The number of carbonyl (C=O) groups excluding carboxylic acids is 1. The number of thiophene rings is 1.